The van der Waals surface area contributed by atoms with Crippen LogP contribution in [0, 0.1) is 0 Å². The van der Waals surface area contributed by atoms with Crippen LogP contribution in [0.25, 0.3) is 11.1 Å². The van der Waals surface area contributed by atoms with Gasteiger partial charge in [-0.25, -0.2) is 4.79 Å². The molecule has 0 amide bonds. The van der Waals surface area contributed by atoms with Gasteiger partial charge in [0.1, 0.15) is 11.3 Å². The average Bonchev–Trinajstić information content (AvgIpc) is 2.62. The number of benzene rings is 2. The average molecular weight is 349 g/mol. The number of esters is 1. The molecule has 0 bridgehead atoms. The number of rotatable bonds is 6. The number of aliphatic hydroxyl groups excluding tert-OH is 1. The first kappa shape index (κ1) is 18.3. The van der Waals surface area contributed by atoms with Gasteiger partial charge in [0.15, 0.2) is 0 Å². The number of phenolic OH excluding ortho intramolecular Hbond substituents is 1. The molecule has 24 heavy (non-hydrogen) atoms. The van der Waals surface area contributed by atoms with Crippen LogP contribution in [0.4, 0.5) is 0 Å². The maximum absolute atomic E-state index is 12.4. The largest absolute Gasteiger partial charge is 0.507 e. The first-order valence-corrected chi connectivity index (χ1v) is 8.34. The van der Waals surface area contributed by atoms with E-state index >= 15 is 0 Å². The Labute approximate surface area is 146 Å². The van der Waals surface area contributed by atoms with Crippen molar-refractivity contribution in [3.8, 4) is 16.9 Å². The summed E-state index contributed by atoms with van der Waals surface area (Å²) in [6.07, 6.45) is 0.953. The highest BCUT2D eigenvalue weighted by molar-refractivity contribution is 6.18. The Balaban J connectivity index is 2.96. The predicted octanol–water partition coefficient (Wildman–Crippen LogP) is 3.68. The lowest BCUT2D eigenvalue weighted by molar-refractivity contribution is 0.0598. The van der Waals surface area contributed by atoms with Crippen molar-refractivity contribution in [1.29, 1.82) is 0 Å². The Hall–Kier alpha value is -2.04. The second-order valence-electron chi connectivity index (χ2n) is 5.34. The van der Waals surface area contributed by atoms with Crippen LogP contribution in [0.1, 0.15) is 34.0 Å². The number of ether oxygens (including phenoxy) is 1. The smallest absolute Gasteiger partial charge is 0.342 e. The van der Waals surface area contributed by atoms with E-state index in [0.29, 0.717) is 35.4 Å². The van der Waals surface area contributed by atoms with Crippen LogP contribution < -0.4 is 0 Å². The molecular weight excluding hydrogens is 328 g/mol. The predicted molar refractivity (Wildman–Crippen MR) is 94.6 cm³/mol. The molecule has 2 N–H and O–H groups in total. The summed E-state index contributed by atoms with van der Waals surface area (Å²) in [5.41, 5.74) is 3.42. The van der Waals surface area contributed by atoms with E-state index in [4.69, 9.17) is 16.3 Å². The quantitative estimate of drug-likeness (QED) is 0.617. The highest BCUT2D eigenvalue weighted by Gasteiger charge is 2.27. The summed E-state index contributed by atoms with van der Waals surface area (Å²) in [5, 5.41) is 20.6. The van der Waals surface area contributed by atoms with Crippen molar-refractivity contribution < 1.29 is 19.7 Å². The molecule has 0 saturated carbocycles. The van der Waals surface area contributed by atoms with Gasteiger partial charge < -0.3 is 14.9 Å². The van der Waals surface area contributed by atoms with Crippen molar-refractivity contribution in [1.82, 2.24) is 0 Å². The zero-order valence-electron chi connectivity index (χ0n) is 13.8. The van der Waals surface area contributed by atoms with E-state index in [2.05, 4.69) is 0 Å². The Kier molecular flexibility index (Phi) is 6.23. The number of aromatic hydroxyl groups is 1. The minimum absolute atomic E-state index is 0.123. The third kappa shape index (κ3) is 3.25. The Morgan fingerprint density at radius 3 is 2.33 bits per heavy atom. The van der Waals surface area contributed by atoms with E-state index in [1.54, 1.807) is 0 Å². The van der Waals surface area contributed by atoms with E-state index in [1.165, 1.54) is 7.11 Å². The number of methoxy groups -OCH3 is 1. The van der Waals surface area contributed by atoms with Crippen LogP contribution in [0.3, 0.4) is 0 Å². The van der Waals surface area contributed by atoms with Gasteiger partial charge in [0.05, 0.1) is 13.7 Å². The molecule has 0 fully saturated rings. The van der Waals surface area contributed by atoms with E-state index in [1.807, 2.05) is 37.3 Å². The number of hydrogen-bond donors (Lipinski definition) is 2. The summed E-state index contributed by atoms with van der Waals surface area (Å²) >= 11 is 5.97. The van der Waals surface area contributed by atoms with Gasteiger partial charge >= 0.3 is 5.97 Å². The lowest BCUT2D eigenvalue weighted by Crippen LogP contribution is -2.12. The third-order valence-electron chi connectivity index (χ3n) is 4.11. The van der Waals surface area contributed by atoms with Crippen LogP contribution in [-0.2, 0) is 24.2 Å². The molecule has 0 atom stereocenters. The van der Waals surface area contributed by atoms with Crippen LogP contribution in [0.15, 0.2) is 30.3 Å². The molecule has 0 aliphatic heterocycles. The van der Waals surface area contributed by atoms with Gasteiger partial charge in [0, 0.05) is 17.0 Å². The minimum atomic E-state index is -0.610. The van der Waals surface area contributed by atoms with E-state index < -0.39 is 5.97 Å². The molecule has 2 rings (SSSR count). The van der Waals surface area contributed by atoms with Gasteiger partial charge in [0.2, 0.25) is 0 Å². The molecule has 0 heterocycles. The van der Waals surface area contributed by atoms with Crippen LogP contribution in [0.5, 0.6) is 5.75 Å². The number of halogens is 1. The van der Waals surface area contributed by atoms with Gasteiger partial charge in [0.25, 0.3) is 0 Å². The van der Waals surface area contributed by atoms with Crippen molar-refractivity contribution >= 4 is 17.6 Å². The van der Waals surface area contributed by atoms with Crippen molar-refractivity contribution in [2.75, 3.05) is 13.0 Å². The first-order valence-electron chi connectivity index (χ1n) is 7.80. The molecule has 2 aromatic rings. The van der Waals surface area contributed by atoms with Gasteiger partial charge in [-0.3, -0.25) is 0 Å². The first-order chi connectivity index (χ1) is 11.6. The normalized spacial score (nSPS) is 10.7. The fourth-order valence-corrected chi connectivity index (χ4v) is 3.25. The van der Waals surface area contributed by atoms with Gasteiger partial charge in [-0.05, 0) is 29.5 Å². The van der Waals surface area contributed by atoms with Crippen LogP contribution >= 0.6 is 11.6 Å². The number of carbonyl (C=O) groups is 1. The molecule has 0 spiro atoms. The molecule has 0 saturated heterocycles. The van der Waals surface area contributed by atoms with Crippen molar-refractivity contribution in [2.45, 2.75) is 26.4 Å². The van der Waals surface area contributed by atoms with E-state index in [9.17, 15) is 15.0 Å². The lowest BCUT2D eigenvalue weighted by Gasteiger charge is -2.22. The minimum Gasteiger partial charge on any atom is -0.507 e. The molecule has 0 aromatic heterocycles. The fraction of sp³-hybridized carbons (Fsp3) is 0.316. The summed E-state index contributed by atoms with van der Waals surface area (Å²) in [6.45, 7) is 1.63. The molecule has 4 nitrogen and oxygen atoms in total. The molecule has 128 valence electrons. The molecule has 0 unspecified atom stereocenters. The number of carbonyl (C=O) groups excluding carboxylic acids is 1. The van der Waals surface area contributed by atoms with Gasteiger partial charge in [-0.1, -0.05) is 37.3 Å². The molecule has 0 aliphatic carbocycles. The molecular formula is C19H21ClO4. The zero-order valence-corrected chi connectivity index (χ0v) is 14.6. The Morgan fingerprint density at radius 1 is 1.17 bits per heavy atom. The SMILES string of the molecule is CCc1c(O)c(C(=O)OC)c(-c2ccccc2)c(CCCl)c1CO. The molecule has 2 aromatic carbocycles. The molecule has 5 heteroatoms. The van der Waals surface area contributed by atoms with E-state index in [-0.39, 0.29) is 17.9 Å². The summed E-state index contributed by atoms with van der Waals surface area (Å²) < 4.78 is 4.89. The fourth-order valence-electron chi connectivity index (χ4n) is 3.06. The highest BCUT2D eigenvalue weighted by atomic mass is 35.5. The lowest BCUT2D eigenvalue weighted by atomic mass is 9.85. The number of phenols is 1. The maximum Gasteiger partial charge on any atom is 0.342 e. The van der Waals surface area contributed by atoms with Crippen LogP contribution in [-0.4, -0.2) is 29.2 Å². The van der Waals surface area contributed by atoms with Crippen molar-refractivity contribution in [3.63, 3.8) is 0 Å². The standard InChI is InChI=1S/C19H21ClO4/c1-3-13-15(11-21)14(9-10-20)16(12-7-5-4-6-8-12)17(18(13)22)19(23)24-2/h4-8,21-22H,3,9-11H2,1-2H3. The van der Waals surface area contributed by atoms with Crippen molar-refractivity contribution in [3.05, 3.63) is 52.6 Å². The molecule has 0 aliphatic rings. The Bertz CT molecular complexity index is 726. The number of alkyl halides is 1. The van der Waals surface area contributed by atoms with E-state index in [0.717, 1.165) is 11.1 Å². The maximum atomic E-state index is 12.4. The monoisotopic (exact) mass is 348 g/mol. The number of aliphatic hydroxyl groups is 1. The summed E-state index contributed by atoms with van der Waals surface area (Å²) in [6, 6.07) is 9.28. The second kappa shape index (κ2) is 8.18. The van der Waals surface area contributed by atoms with Gasteiger partial charge in [-0.15, -0.1) is 11.6 Å². The van der Waals surface area contributed by atoms with Gasteiger partial charge in [-0.2, -0.15) is 0 Å². The topological polar surface area (TPSA) is 66.8 Å². The second-order valence-corrected chi connectivity index (χ2v) is 5.72. The zero-order chi connectivity index (χ0) is 17.7. The Morgan fingerprint density at radius 2 is 1.83 bits per heavy atom. The van der Waals surface area contributed by atoms with Crippen molar-refractivity contribution in [2.24, 2.45) is 0 Å². The van der Waals surface area contributed by atoms with Crippen LogP contribution in [0.2, 0.25) is 0 Å². The third-order valence-corrected chi connectivity index (χ3v) is 4.30. The summed E-state index contributed by atoms with van der Waals surface area (Å²) in [5.74, 6) is -0.409. The number of hydrogen-bond acceptors (Lipinski definition) is 4. The summed E-state index contributed by atoms with van der Waals surface area (Å²) in [4.78, 5) is 12.4. The molecule has 0 radical (unpaired) electrons. The highest BCUT2D eigenvalue weighted by Crippen LogP contribution is 2.40. The summed E-state index contributed by atoms with van der Waals surface area (Å²) in [7, 11) is 1.28.